The lowest BCUT2D eigenvalue weighted by Gasteiger charge is -2.48. The highest BCUT2D eigenvalue weighted by molar-refractivity contribution is 5.63. The molecule has 2 aliphatic rings. The van der Waals surface area contributed by atoms with Gasteiger partial charge in [0.05, 0.1) is 39.0 Å². The molecule has 14 heteroatoms. The summed E-state index contributed by atoms with van der Waals surface area (Å²) in [6, 6.07) is 20.6. The van der Waals surface area contributed by atoms with Crippen molar-refractivity contribution in [1.82, 2.24) is 39.7 Å². The molecule has 8 rings (SSSR count). The van der Waals surface area contributed by atoms with Crippen LogP contribution in [0.15, 0.2) is 110 Å². The van der Waals surface area contributed by atoms with Gasteiger partial charge < -0.3 is 18.9 Å². The van der Waals surface area contributed by atoms with Crippen molar-refractivity contribution in [3.05, 3.63) is 121 Å². The molecule has 0 unspecified atom stereocenters. The van der Waals surface area contributed by atoms with E-state index in [0.29, 0.717) is 31.7 Å². The third-order valence-electron chi connectivity index (χ3n) is 11.6. The summed E-state index contributed by atoms with van der Waals surface area (Å²) in [5.41, 5.74) is 6.12. The second kappa shape index (κ2) is 21.1. The molecule has 63 heavy (non-hydrogen) atoms. The molecule has 4 aromatic heterocycles. The molecule has 0 saturated carbocycles. The first kappa shape index (κ1) is 43.3. The highest BCUT2D eigenvalue weighted by Gasteiger charge is 2.37. The number of hydrazine groups is 1. The van der Waals surface area contributed by atoms with Gasteiger partial charge in [0.1, 0.15) is 11.5 Å². The van der Waals surface area contributed by atoms with Crippen LogP contribution in [0.4, 0.5) is 11.9 Å². The smallest absolute Gasteiger partial charge is 0.244 e. The van der Waals surface area contributed by atoms with Crippen LogP contribution in [0.2, 0.25) is 0 Å². The van der Waals surface area contributed by atoms with Gasteiger partial charge in [0.2, 0.25) is 11.9 Å². The first-order chi connectivity index (χ1) is 31.0. The van der Waals surface area contributed by atoms with E-state index in [2.05, 4.69) is 54.1 Å². The summed E-state index contributed by atoms with van der Waals surface area (Å²) >= 11 is 0. The van der Waals surface area contributed by atoms with Crippen molar-refractivity contribution in [3.63, 3.8) is 0 Å². The van der Waals surface area contributed by atoms with Crippen LogP contribution in [0.3, 0.4) is 0 Å². The predicted octanol–water partition coefficient (Wildman–Crippen LogP) is 8.15. The lowest BCUT2D eigenvalue weighted by molar-refractivity contribution is 0.182. The second-order valence-electron chi connectivity index (χ2n) is 15.8. The number of hydrogen-bond donors (Lipinski definition) is 0. The molecule has 0 bridgehead atoms. The Bertz CT molecular complexity index is 2300. The highest BCUT2D eigenvalue weighted by Crippen LogP contribution is 2.34. The van der Waals surface area contributed by atoms with E-state index in [1.54, 1.807) is 19.5 Å². The number of aromatic nitrogens is 6. The van der Waals surface area contributed by atoms with Gasteiger partial charge in [0, 0.05) is 117 Å². The quantitative estimate of drug-likeness (QED) is 0.0772. The van der Waals surface area contributed by atoms with Crippen LogP contribution in [-0.2, 0) is 13.1 Å². The van der Waals surface area contributed by atoms with E-state index < -0.39 is 0 Å². The minimum Gasteiger partial charge on any atom is -0.494 e. The lowest BCUT2D eigenvalue weighted by atomic mass is 10.0. The third kappa shape index (κ3) is 10.8. The molecular weight excluding hydrogens is 793 g/mol. The molecule has 0 N–H and O–H groups in total. The van der Waals surface area contributed by atoms with E-state index in [-0.39, 0.29) is 12.1 Å². The van der Waals surface area contributed by atoms with Crippen LogP contribution in [0.5, 0.6) is 23.0 Å². The lowest BCUT2D eigenvalue weighted by Crippen LogP contribution is -2.59. The van der Waals surface area contributed by atoms with Crippen molar-refractivity contribution in [3.8, 4) is 45.3 Å². The molecule has 0 amide bonds. The van der Waals surface area contributed by atoms with Crippen molar-refractivity contribution in [2.24, 2.45) is 0 Å². The molecule has 2 aliphatic heterocycles. The maximum atomic E-state index is 5.92. The number of piperidine rings is 2. The molecule has 6 heterocycles. The van der Waals surface area contributed by atoms with Gasteiger partial charge in [-0.15, -0.1) is 0 Å². The molecule has 6 aromatic rings. The first-order valence-electron chi connectivity index (χ1n) is 22.2. The Kier molecular flexibility index (Phi) is 14.5. The van der Waals surface area contributed by atoms with E-state index in [1.165, 1.54) is 11.1 Å². The van der Waals surface area contributed by atoms with Gasteiger partial charge in [0.15, 0.2) is 11.5 Å². The number of benzene rings is 2. The molecule has 0 radical (unpaired) electrons. The van der Waals surface area contributed by atoms with Gasteiger partial charge in [-0.05, 0) is 94.0 Å². The summed E-state index contributed by atoms with van der Waals surface area (Å²) in [6.07, 6.45) is 18.4. The molecule has 328 valence electrons. The SMILES string of the molecule is CCOc1cc(CN2CCC(N(c3ncc(-c4cccnc4)cn3)N(c3ncc(-c4cccnc4)cn3)C3CCN(Cc4ccc(OC)c(OCC)c4)CC3)CC2)cc(OCC)c1. The molecule has 14 nitrogen and oxygen atoms in total. The van der Waals surface area contributed by atoms with Crippen molar-refractivity contribution in [2.75, 3.05) is 63.1 Å². The van der Waals surface area contributed by atoms with Gasteiger partial charge in [-0.3, -0.25) is 19.8 Å². The van der Waals surface area contributed by atoms with Crippen LogP contribution in [0.1, 0.15) is 57.6 Å². The number of nitrogens with zero attached hydrogens (tertiary/aromatic N) is 10. The van der Waals surface area contributed by atoms with Crippen molar-refractivity contribution < 1.29 is 18.9 Å². The molecule has 2 aromatic carbocycles. The van der Waals surface area contributed by atoms with Crippen LogP contribution in [0, 0.1) is 0 Å². The Morgan fingerprint density at radius 1 is 0.524 bits per heavy atom. The average Bonchev–Trinajstić information content (AvgIpc) is 3.33. The van der Waals surface area contributed by atoms with Gasteiger partial charge >= 0.3 is 0 Å². The predicted molar refractivity (Wildman–Crippen MR) is 245 cm³/mol. The monoisotopic (exact) mass is 850 g/mol. The first-order valence-corrected chi connectivity index (χ1v) is 22.2. The van der Waals surface area contributed by atoms with E-state index in [4.69, 9.17) is 38.9 Å². The van der Waals surface area contributed by atoms with Gasteiger partial charge in [-0.1, -0.05) is 18.2 Å². The van der Waals surface area contributed by atoms with E-state index in [9.17, 15) is 0 Å². The summed E-state index contributed by atoms with van der Waals surface area (Å²) in [6.45, 7) is 13.0. The summed E-state index contributed by atoms with van der Waals surface area (Å²) in [7, 11) is 1.68. The zero-order valence-corrected chi connectivity index (χ0v) is 36.8. The zero-order chi connectivity index (χ0) is 43.4. The maximum Gasteiger partial charge on any atom is 0.244 e. The van der Waals surface area contributed by atoms with Crippen molar-refractivity contribution in [1.29, 1.82) is 0 Å². The minimum absolute atomic E-state index is 0.0788. The summed E-state index contributed by atoms with van der Waals surface area (Å²) < 4.78 is 23.3. The van der Waals surface area contributed by atoms with E-state index >= 15 is 0 Å². The molecule has 2 fully saturated rings. The van der Waals surface area contributed by atoms with Crippen molar-refractivity contribution in [2.45, 2.75) is 71.6 Å². The highest BCUT2D eigenvalue weighted by atomic mass is 16.5. The van der Waals surface area contributed by atoms with E-state index in [0.717, 1.165) is 110 Å². The normalized spacial score (nSPS) is 15.2. The zero-order valence-electron chi connectivity index (χ0n) is 36.8. The number of likely N-dealkylation sites (tertiary alicyclic amines) is 2. The van der Waals surface area contributed by atoms with Crippen molar-refractivity contribution >= 4 is 11.9 Å². The fourth-order valence-corrected chi connectivity index (χ4v) is 8.59. The molecule has 0 aliphatic carbocycles. The van der Waals surface area contributed by atoms with E-state index in [1.807, 2.05) is 94.4 Å². The number of hydrogen-bond acceptors (Lipinski definition) is 14. The second-order valence-corrected chi connectivity index (χ2v) is 15.8. The standard InChI is InChI=1S/C49H58N10O4/c1-5-61-44-24-37(25-45(27-44)62-6-2)35-57-22-16-43(17-23-57)59(49-54-32-41(33-55-49)39-11-9-19-51-29-39)58(48-52-30-40(31-53-48)38-10-8-18-50-28-38)42-14-20-56(21-15-42)34-36-12-13-46(60-4)47(26-36)63-7-3/h8-13,18-19,24-33,42-43H,5-7,14-17,20-23,34-35H2,1-4H3. The summed E-state index contributed by atoms with van der Waals surface area (Å²) in [5, 5.41) is 4.62. The largest absolute Gasteiger partial charge is 0.494 e. The van der Waals surface area contributed by atoms with Gasteiger partial charge in [-0.25, -0.2) is 30.0 Å². The van der Waals surface area contributed by atoms with Gasteiger partial charge in [0.25, 0.3) is 0 Å². The number of ether oxygens (including phenoxy) is 4. The number of methoxy groups -OCH3 is 1. The number of rotatable bonds is 18. The van der Waals surface area contributed by atoms with Crippen LogP contribution in [-0.4, -0.2) is 105 Å². The topological polar surface area (TPSA) is 127 Å². The van der Waals surface area contributed by atoms with Crippen LogP contribution >= 0.6 is 0 Å². The maximum absolute atomic E-state index is 5.92. The third-order valence-corrected chi connectivity index (χ3v) is 11.6. The Morgan fingerprint density at radius 2 is 1.00 bits per heavy atom. The molecular formula is C49H58N10O4. The average molecular weight is 851 g/mol. The Morgan fingerprint density at radius 3 is 1.43 bits per heavy atom. The molecule has 2 saturated heterocycles. The number of pyridine rings is 2. The van der Waals surface area contributed by atoms with Crippen LogP contribution in [0.25, 0.3) is 22.3 Å². The summed E-state index contributed by atoms with van der Waals surface area (Å²) in [5.74, 6) is 4.43. The van der Waals surface area contributed by atoms with Gasteiger partial charge in [-0.2, -0.15) is 0 Å². The fourth-order valence-electron chi connectivity index (χ4n) is 8.59. The molecule has 0 atom stereocenters. The number of anilines is 2. The fraction of sp³-hybridized carbons (Fsp3) is 0.388. The minimum atomic E-state index is 0.0788. The Hall–Kier alpha value is -6.38. The Labute approximate surface area is 370 Å². The van der Waals surface area contributed by atoms with Crippen LogP contribution < -0.4 is 29.0 Å². The summed E-state index contributed by atoms with van der Waals surface area (Å²) in [4.78, 5) is 34.1. The Balaban J connectivity index is 1.09. The molecule has 0 spiro atoms.